The van der Waals surface area contributed by atoms with E-state index in [1.165, 1.54) is 21.5 Å². The molecular formula is C20H23BrIN5O. The molecule has 28 heavy (non-hydrogen) atoms. The van der Waals surface area contributed by atoms with Gasteiger partial charge >= 0.3 is 0 Å². The van der Waals surface area contributed by atoms with Crippen molar-refractivity contribution < 1.29 is 4.73 Å². The lowest BCUT2D eigenvalue weighted by Crippen LogP contribution is -2.25. The number of likely N-dealkylation sites (N-methyl/N-ethyl adjacent to an activating group) is 2. The number of nitrogens with zero attached hydrogens (tertiary/aromatic N) is 4. The third kappa shape index (κ3) is 6.83. The van der Waals surface area contributed by atoms with Gasteiger partial charge in [-0.3, -0.25) is 10.0 Å². The Morgan fingerprint density at radius 1 is 1.50 bits per heavy atom. The summed E-state index contributed by atoms with van der Waals surface area (Å²) in [5, 5.41) is 20.9. The van der Waals surface area contributed by atoms with Crippen molar-refractivity contribution in [1.82, 2.24) is 10.3 Å². The molecule has 0 aliphatic carbocycles. The van der Waals surface area contributed by atoms with Gasteiger partial charge in [-0.05, 0) is 38.5 Å². The first-order valence-electron chi connectivity index (χ1n) is 8.49. The lowest BCUT2D eigenvalue weighted by atomic mass is 10.2. The third-order valence-corrected chi connectivity index (χ3v) is 6.71. The van der Waals surface area contributed by atoms with Crippen LogP contribution in [-0.2, 0) is 6.54 Å². The summed E-state index contributed by atoms with van der Waals surface area (Å²) < 4.78 is 5.00. The SMILES string of the molecule is C=C(Br)/C=N\N(C)C(C=C(NC)C1=C(C)C=CC=I1)=NCc1ccc[n+]([O-])c1. The molecule has 0 radical (unpaired) electrons. The Labute approximate surface area is 184 Å². The topological polar surface area (TPSA) is 66.9 Å². The molecule has 0 amide bonds. The second-order valence-corrected chi connectivity index (χ2v) is 9.30. The van der Waals surface area contributed by atoms with Gasteiger partial charge < -0.3 is 10.5 Å². The summed E-state index contributed by atoms with van der Waals surface area (Å²) in [7, 11) is 3.74. The van der Waals surface area contributed by atoms with Crippen molar-refractivity contribution in [3.8, 4) is 0 Å². The lowest BCUT2D eigenvalue weighted by molar-refractivity contribution is -0.605. The Morgan fingerprint density at radius 3 is 2.93 bits per heavy atom. The van der Waals surface area contributed by atoms with E-state index in [-0.39, 0.29) is 20.7 Å². The standard InChI is InChI=1S/C20H23BrIN5O/c1-15-7-5-9-22-20(15)18(23-3)11-19(26(4)25-12-16(2)21)24-13-17-8-6-10-27(28)14-17/h5-12,14,23H,2,13H2,1,3-4H3/b18-11?,24-19?,25-12-. The zero-order valence-corrected chi connectivity index (χ0v) is 19.8. The Balaban J connectivity index is 2.41. The summed E-state index contributed by atoms with van der Waals surface area (Å²) in [5.74, 6) is 0.675. The van der Waals surface area contributed by atoms with E-state index in [1.54, 1.807) is 17.3 Å². The van der Waals surface area contributed by atoms with E-state index in [9.17, 15) is 5.21 Å². The maximum Gasteiger partial charge on any atom is 0.185 e. The van der Waals surface area contributed by atoms with Crippen molar-refractivity contribution in [2.45, 2.75) is 13.5 Å². The normalized spacial score (nSPS) is 15.0. The average molecular weight is 556 g/mol. The van der Waals surface area contributed by atoms with Gasteiger partial charge in [-0.15, -0.1) is 0 Å². The molecule has 0 bridgehead atoms. The zero-order chi connectivity index (χ0) is 20.5. The second-order valence-electron chi connectivity index (χ2n) is 5.86. The molecule has 1 aromatic rings. The maximum absolute atomic E-state index is 11.5. The Bertz CT molecular complexity index is 915. The molecule has 0 saturated heterocycles. The van der Waals surface area contributed by atoms with E-state index in [4.69, 9.17) is 4.99 Å². The number of rotatable bonds is 7. The molecule has 1 aliphatic heterocycles. The molecule has 1 N–H and O–H groups in total. The van der Waals surface area contributed by atoms with Crippen LogP contribution in [0.4, 0.5) is 0 Å². The fraction of sp³-hybridized carbons (Fsp3) is 0.200. The van der Waals surface area contributed by atoms with Gasteiger partial charge in [0.25, 0.3) is 0 Å². The van der Waals surface area contributed by atoms with Crippen LogP contribution in [0.15, 0.2) is 78.8 Å². The van der Waals surface area contributed by atoms with E-state index >= 15 is 0 Å². The quantitative estimate of drug-likeness (QED) is 0.139. The van der Waals surface area contributed by atoms with Gasteiger partial charge in [-0.2, -0.15) is 9.83 Å². The number of hydrazone groups is 1. The third-order valence-electron chi connectivity index (χ3n) is 3.68. The predicted octanol–water partition coefficient (Wildman–Crippen LogP) is 3.76. The van der Waals surface area contributed by atoms with Crippen LogP contribution in [0.25, 0.3) is 0 Å². The van der Waals surface area contributed by atoms with Crippen molar-refractivity contribution >= 4 is 52.7 Å². The lowest BCUT2D eigenvalue weighted by Gasteiger charge is -2.17. The van der Waals surface area contributed by atoms with Crippen LogP contribution in [-0.4, -0.2) is 35.2 Å². The first-order valence-corrected chi connectivity index (χ1v) is 11.6. The Kier molecular flexibility index (Phi) is 8.78. The summed E-state index contributed by atoms with van der Waals surface area (Å²) in [4.78, 5) is 4.70. The van der Waals surface area contributed by atoms with E-state index in [2.05, 4.69) is 56.0 Å². The van der Waals surface area contributed by atoms with E-state index in [0.717, 1.165) is 16.0 Å². The number of amidine groups is 1. The minimum Gasteiger partial charge on any atom is -0.619 e. The van der Waals surface area contributed by atoms with Crippen LogP contribution in [0, 0.1) is 5.21 Å². The largest absolute Gasteiger partial charge is 0.619 e. The van der Waals surface area contributed by atoms with Gasteiger partial charge in [0.2, 0.25) is 0 Å². The van der Waals surface area contributed by atoms with Crippen LogP contribution < -0.4 is 10.0 Å². The molecule has 0 atom stereocenters. The summed E-state index contributed by atoms with van der Waals surface area (Å²) in [6.07, 6.45) is 10.8. The van der Waals surface area contributed by atoms with Gasteiger partial charge in [0.1, 0.15) is 5.84 Å². The van der Waals surface area contributed by atoms with Gasteiger partial charge in [-0.25, -0.2) is 0 Å². The van der Waals surface area contributed by atoms with Crippen LogP contribution >= 0.6 is 36.7 Å². The van der Waals surface area contributed by atoms with Crippen LogP contribution in [0.2, 0.25) is 0 Å². The number of hydrogen-bond donors (Lipinski definition) is 1. The molecule has 0 aromatic carbocycles. The molecule has 0 saturated carbocycles. The molecule has 1 aromatic heterocycles. The zero-order valence-electron chi connectivity index (χ0n) is 16.1. The molecule has 2 heterocycles. The molecule has 8 heteroatoms. The molecular weight excluding hydrogens is 533 g/mol. The number of aliphatic imine (C=N–C) groups is 1. The highest BCUT2D eigenvalue weighted by Gasteiger charge is 2.10. The number of pyridine rings is 1. The molecule has 0 spiro atoms. The molecule has 6 nitrogen and oxygen atoms in total. The highest BCUT2D eigenvalue weighted by molar-refractivity contribution is 14.2. The summed E-state index contributed by atoms with van der Waals surface area (Å²) in [6.45, 7) is 6.27. The molecule has 2 rings (SSSR count). The Morgan fingerprint density at radius 2 is 2.29 bits per heavy atom. The average Bonchev–Trinajstić information content (AvgIpc) is 2.67. The minimum absolute atomic E-state index is 0.209. The van der Waals surface area contributed by atoms with Crippen molar-refractivity contribution in [3.05, 3.63) is 79.4 Å². The van der Waals surface area contributed by atoms with E-state index in [1.807, 2.05) is 26.2 Å². The highest BCUT2D eigenvalue weighted by Crippen LogP contribution is 2.28. The first kappa shape index (κ1) is 22.2. The van der Waals surface area contributed by atoms with Crippen molar-refractivity contribution in [3.63, 3.8) is 0 Å². The maximum atomic E-state index is 11.5. The van der Waals surface area contributed by atoms with Crippen molar-refractivity contribution in [2.24, 2.45) is 10.1 Å². The number of aromatic nitrogens is 1. The summed E-state index contributed by atoms with van der Waals surface area (Å²) in [5.41, 5.74) is 3.11. The van der Waals surface area contributed by atoms with Crippen LogP contribution in [0.3, 0.4) is 0 Å². The van der Waals surface area contributed by atoms with Crippen LogP contribution in [0.1, 0.15) is 12.5 Å². The minimum atomic E-state index is -0.209. The Hall–Kier alpha value is -2.07. The van der Waals surface area contributed by atoms with E-state index in [0.29, 0.717) is 16.9 Å². The van der Waals surface area contributed by atoms with E-state index < -0.39 is 0 Å². The monoisotopic (exact) mass is 555 g/mol. The fourth-order valence-corrected chi connectivity index (χ4v) is 4.60. The number of allylic oxidation sites excluding steroid dienone is 5. The molecule has 0 unspecified atom stereocenters. The smallest absolute Gasteiger partial charge is 0.185 e. The molecule has 0 fully saturated rings. The van der Waals surface area contributed by atoms with Crippen LogP contribution in [0.5, 0.6) is 0 Å². The van der Waals surface area contributed by atoms with Gasteiger partial charge in [0, 0.05) is 39.9 Å². The van der Waals surface area contributed by atoms with Gasteiger partial charge in [0.05, 0.1) is 18.5 Å². The number of hydrogen-bond acceptors (Lipinski definition) is 4. The van der Waals surface area contributed by atoms with Gasteiger partial charge in [-0.1, -0.05) is 39.5 Å². The van der Waals surface area contributed by atoms with Gasteiger partial charge in [0.15, 0.2) is 12.4 Å². The number of nitrogens with one attached hydrogen (secondary N) is 1. The predicted molar refractivity (Wildman–Crippen MR) is 130 cm³/mol. The number of halogens is 2. The summed E-state index contributed by atoms with van der Waals surface area (Å²) >= 11 is 3.07. The van der Waals surface area contributed by atoms with Crippen molar-refractivity contribution in [1.29, 1.82) is 0 Å². The highest BCUT2D eigenvalue weighted by atomic mass is 127. The molecule has 1 aliphatic rings. The summed E-state index contributed by atoms with van der Waals surface area (Å²) in [6, 6.07) is 3.59. The second kappa shape index (κ2) is 11.1. The van der Waals surface area contributed by atoms with Crippen molar-refractivity contribution in [2.75, 3.05) is 14.1 Å². The first-order chi connectivity index (χ1) is 13.4. The fourth-order valence-electron chi connectivity index (χ4n) is 2.30. The molecule has 148 valence electrons.